The molecule has 1 spiro atoms. The summed E-state index contributed by atoms with van der Waals surface area (Å²) in [6, 6.07) is 42.2. The van der Waals surface area contributed by atoms with E-state index in [9.17, 15) is 0 Å². The van der Waals surface area contributed by atoms with Gasteiger partial charge in [0.2, 0.25) is 12.1 Å². The zero-order valence-electron chi connectivity index (χ0n) is 19.9. The van der Waals surface area contributed by atoms with Gasteiger partial charge < -0.3 is 9.47 Å². The predicted molar refractivity (Wildman–Crippen MR) is 144 cm³/mol. The Hall–Kier alpha value is -4.83. The van der Waals surface area contributed by atoms with E-state index in [0.717, 1.165) is 33.8 Å². The molecule has 1 atom stereocenters. The SMILES string of the molecule is c1ccc(C2NN=C(c3ccc4c(c3)C3(c5ccccc5O4)c4ccccc4-c4ccccc43)O2)cc1. The van der Waals surface area contributed by atoms with Gasteiger partial charge in [0.05, 0.1) is 5.41 Å². The van der Waals surface area contributed by atoms with Gasteiger partial charge in [0.15, 0.2) is 0 Å². The molecule has 3 aliphatic rings. The summed E-state index contributed by atoms with van der Waals surface area (Å²) >= 11 is 0. The lowest BCUT2D eigenvalue weighted by Crippen LogP contribution is -2.32. The smallest absolute Gasteiger partial charge is 0.240 e. The van der Waals surface area contributed by atoms with Crippen LogP contribution in [0.2, 0.25) is 0 Å². The molecule has 1 N–H and O–H groups in total. The molecule has 0 amide bonds. The van der Waals surface area contributed by atoms with Crippen LogP contribution in [0.5, 0.6) is 11.5 Å². The van der Waals surface area contributed by atoms with Crippen molar-refractivity contribution in [3.8, 4) is 22.6 Å². The van der Waals surface area contributed by atoms with Crippen LogP contribution in [0, 0.1) is 0 Å². The zero-order chi connectivity index (χ0) is 24.4. The van der Waals surface area contributed by atoms with Crippen molar-refractivity contribution in [1.82, 2.24) is 5.43 Å². The third-order valence-electron chi connectivity index (χ3n) is 7.71. The molecule has 0 radical (unpaired) electrons. The monoisotopic (exact) mass is 478 g/mol. The number of para-hydroxylation sites is 1. The minimum Gasteiger partial charge on any atom is -0.457 e. The Labute approximate surface area is 214 Å². The summed E-state index contributed by atoms with van der Waals surface area (Å²) in [5, 5.41) is 4.56. The summed E-state index contributed by atoms with van der Waals surface area (Å²) in [5.74, 6) is 2.31. The van der Waals surface area contributed by atoms with Gasteiger partial charge in [0.1, 0.15) is 11.5 Å². The molecule has 8 rings (SSSR count). The molecular weight excluding hydrogens is 456 g/mol. The van der Waals surface area contributed by atoms with Crippen molar-refractivity contribution in [3.05, 3.63) is 155 Å². The standard InChI is InChI=1S/C33H22N2O2/c1-2-10-21(11-3-1)31-34-35-32(37-31)22-18-19-30-28(20-22)33(27-16-8-9-17-29(27)36-30)25-14-6-4-12-23(25)24-13-5-7-15-26(24)33/h1-20,31,34H. The Morgan fingerprint density at radius 2 is 1.22 bits per heavy atom. The highest BCUT2D eigenvalue weighted by molar-refractivity contribution is 5.96. The molecule has 0 saturated carbocycles. The van der Waals surface area contributed by atoms with Crippen molar-refractivity contribution in [3.63, 3.8) is 0 Å². The van der Waals surface area contributed by atoms with Crippen molar-refractivity contribution in [1.29, 1.82) is 0 Å². The van der Waals surface area contributed by atoms with Gasteiger partial charge in [-0.25, -0.2) is 0 Å². The minimum atomic E-state index is -0.501. The van der Waals surface area contributed by atoms with Gasteiger partial charge in [-0.05, 0) is 46.5 Å². The highest BCUT2D eigenvalue weighted by Gasteiger charge is 2.51. The van der Waals surface area contributed by atoms with Crippen molar-refractivity contribution in [2.75, 3.05) is 0 Å². The van der Waals surface area contributed by atoms with E-state index in [2.05, 4.69) is 83.3 Å². The van der Waals surface area contributed by atoms with Crippen molar-refractivity contribution < 1.29 is 9.47 Å². The number of hydrogen-bond donors (Lipinski definition) is 1. The molecular formula is C33H22N2O2. The number of nitrogens with one attached hydrogen (secondary N) is 1. The highest BCUT2D eigenvalue weighted by atomic mass is 16.5. The first-order chi connectivity index (χ1) is 18.3. The fourth-order valence-electron chi connectivity index (χ4n) is 6.17. The molecule has 5 aromatic carbocycles. The average Bonchev–Trinajstić information content (AvgIpc) is 3.57. The number of benzene rings is 5. The lowest BCUT2D eigenvalue weighted by atomic mass is 9.66. The van der Waals surface area contributed by atoms with Crippen LogP contribution in [0.4, 0.5) is 0 Å². The van der Waals surface area contributed by atoms with Gasteiger partial charge >= 0.3 is 0 Å². The maximum atomic E-state index is 6.51. The van der Waals surface area contributed by atoms with Gasteiger partial charge in [0, 0.05) is 22.3 Å². The largest absolute Gasteiger partial charge is 0.457 e. The van der Waals surface area contributed by atoms with Crippen molar-refractivity contribution in [2.45, 2.75) is 11.6 Å². The van der Waals surface area contributed by atoms with E-state index in [0.29, 0.717) is 5.90 Å². The van der Waals surface area contributed by atoms with Crippen LogP contribution >= 0.6 is 0 Å². The molecule has 2 heterocycles. The van der Waals surface area contributed by atoms with Crippen LogP contribution in [0.15, 0.2) is 126 Å². The molecule has 0 saturated heterocycles. The van der Waals surface area contributed by atoms with E-state index in [-0.39, 0.29) is 6.23 Å². The van der Waals surface area contributed by atoms with Crippen LogP contribution in [-0.2, 0) is 10.2 Å². The molecule has 1 unspecified atom stereocenters. The first-order valence-electron chi connectivity index (χ1n) is 12.5. The summed E-state index contributed by atoms with van der Waals surface area (Å²) in [5.41, 5.74) is 11.9. The Morgan fingerprint density at radius 3 is 1.97 bits per heavy atom. The van der Waals surface area contributed by atoms with Crippen LogP contribution in [0.3, 0.4) is 0 Å². The molecule has 0 aromatic heterocycles. The second kappa shape index (κ2) is 7.58. The molecule has 37 heavy (non-hydrogen) atoms. The Balaban J connectivity index is 1.35. The van der Waals surface area contributed by atoms with Crippen molar-refractivity contribution in [2.24, 2.45) is 5.10 Å². The number of rotatable bonds is 2. The van der Waals surface area contributed by atoms with E-state index in [1.54, 1.807) is 0 Å². The molecule has 4 heteroatoms. The van der Waals surface area contributed by atoms with Gasteiger partial charge in [0.25, 0.3) is 0 Å². The maximum Gasteiger partial charge on any atom is 0.240 e. The summed E-state index contributed by atoms with van der Waals surface area (Å²) < 4.78 is 12.8. The van der Waals surface area contributed by atoms with Gasteiger partial charge in [-0.3, -0.25) is 5.43 Å². The number of hydrazone groups is 1. The van der Waals surface area contributed by atoms with E-state index in [4.69, 9.17) is 9.47 Å². The summed E-state index contributed by atoms with van der Waals surface area (Å²) in [6.07, 6.45) is -0.314. The molecule has 1 aliphatic carbocycles. The van der Waals surface area contributed by atoms with Crippen LogP contribution in [0.1, 0.15) is 39.6 Å². The first-order valence-corrected chi connectivity index (χ1v) is 12.5. The van der Waals surface area contributed by atoms with E-state index >= 15 is 0 Å². The quantitative estimate of drug-likeness (QED) is 0.287. The van der Waals surface area contributed by atoms with Gasteiger partial charge in [-0.1, -0.05) is 97.1 Å². The van der Waals surface area contributed by atoms with E-state index < -0.39 is 5.41 Å². The fourth-order valence-corrected chi connectivity index (χ4v) is 6.17. The van der Waals surface area contributed by atoms with Crippen LogP contribution in [-0.4, -0.2) is 5.90 Å². The number of ether oxygens (including phenoxy) is 2. The second-order valence-electron chi connectivity index (χ2n) is 9.60. The second-order valence-corrected chi connectivity index (χ2v) is 9.60. The van der Waals surface area contributed by atoms with Crippen molar-refractivity contribution >= 4 is 5.90 Å². The van der Waals surface area contributed by atoms with Crippen LogP contribution in [0.25, 0.3) is 11.1 Å². The number of hydrogen-bond acceptors (Lipinski definition) is 4. The maximum absolute atomic E-state index is 6.51. The number of fused-ring (bicyclic) bond motifs is 9. The third kappa shape index (κ3) is 2.75. The predicted octanol–water partition coefficient (Wildman–Crippen LogP) is 7.14. The average molecular weight is 479 g/mol. The summed E-state index contributed by atoms with van der Waals surface area (Å²) in [6.45, 7) is 0. The Morgan fingerprint density at radius 1 is 0.595 bits per heavy atom. The highest BCUT2D eigenvalue weighted by Crippen LogP contribution is 2.62. The minimum absolute atomic E-state index is 0.314. The molecule has 4 nitrogen and oxygen atoms in total. The number of nitrogens with zero attached hydrogens (tertiary/aromatic N) is 1. The molecule has 0 fully saturated rings. The van der Waals surface area contributed by atoms with Crippen LogP contribution < -0.4 is 10.2 Å². The molecule has 2 aliphatic heterocycles. The fraction of sp³-hybridized carbons (Fsp3) is 0.0606. The topological polar surface area (TPSA) is 42.9 Å². The summed E-state index contributed by atoms with van der Waals surface area (Å²) in [4.78, 5) is 0. The molecule has 176 valence electrons. The normalized spacial score (nSPS) is 17.4. The lowest BCUT2D eigenvalue weighted by molar-refractivity contribution is 0.192. The third-order valence-corrected chi connectivity index (χ3v) is 7.71. The van der Waals surface area contributed by atoms with Gasteiger partial charge in [-0.15, -0.1) is 5.10 Å². The van der Waals surface area contributed by atoms with E-state index in [1.807, 2.05) is 48.5 Å². The summed E-state index contributed by atoms with van der Waals surface area (Å²) in [7, 11) is 0. The van der Waals surface area contributed by atoms with Gasteiger partial charge in [-0.2, -0.15) is 0 Å². The molecule has 0 bridgehead atoms. The first kappa shape index (κ1) is 20.4. The zero-order valence-corrected chi connectivity index (χ0v) is 19.9. The Bertz CT molecular complexity index is 1680. The van der Waals surface area contributed by atoms with E-state index in [1.165, 1.54) is 22.3 Å². The Kier molecular flexibility index (Phi) is 4.17. The lowest BCUT2D eigenvalue weighted by Gasteiger charge is -2.39. The molecule has 5 aromatic rings.